The van der Waals surface area contributed by atoms with Crippen LogP contribution < -0.4 is 4.74 Å². The monoisotopic (exact) mass is 247 g/mol. The number of fused-ring (bicyclic) bond motifs is 1. The van der Waals surface area contributed by atoms with Crippen molar-refractivity contribution < 1.29 is 4.74 Å². The molecule has 2 nitrogen and oxygen atoms in total. The average molecular weight is 247 g/mol. The zero-order chi connectivity index (χ0) is 13.1. The number of hydrogen-bond acceptors (Lipinski definition) is 2. The van der Waals surface area contributed by atoms with Crippen LogP contribution in [0.25, 0.3) is 0 Å². The van der Waals surface area contributed by atoms with E-state index in [1.165, 1.54) is 24.0 Å². The summed E-state index contributed by atoms with van der Waals surface area (Å²) in [6.07, 6.45) is 5.57. The molecule has 0 aliphatic carbocycles. The topological polar surface area (TPSA) is 22.1 Å². The summed E-state index contributed by atoms with van der Waals surface area (Å²) in [5.74, 6) is 2.66. The molecule has 0 radical (unpaired) electrons. The van der Waals surface area contributed by atoms with Gasteiger partial charge in [0.1, 0.15) is 0 Å². The number of nitrogens with zero attached hydrogens (tertiary/aromatic N) is 1. The Morgan fingerprint density at radius 3 is 2.67 bits per heavy atom. The first-order valence-corrected chi connectivity index (χ1v) is 7.22. The highest BCUT2D eigenvalue weighted by atomic mass is 16.5. The predicted molar refractivity (Wildman–Crippen MR) is 75.3 cm³/mol. The molecule has 0 spiro atoms. The molecule has 1 aromatic heterocycles. The molecule has 0 bridgehead atoms. The second kappa shape index (κ2) is 5.73. The molecule has 18 heavy (non-hydrogen) atoms. The Balaban J connectivity index is 2.51. The Hall–Kier alpha value is -1.05. The third kappa shape index (κ3) is 2.68. The van der Waals surface area contributed by atoms with E-state index in [-0.39, 0.29) is 0 Å². The van der Waals surface area contributed by atoms with Crippen LogP contribution in [0.3, 0.4) is 0 Å². The number of aromatic nitrogens is 1. The molecule has 2 rings (SSSR count). The molecule has 1 aliphatic rings. The second-order valence-electron chi connectivity index (χ2n) is 5.97. The lowest BCUT2D eigenvalue weighted by molar-refractivity contribution is 0.265. The summed E-state index contributed by atoms with van der Waals surface area (Å²) < 4.78 is 5.89. The Morgan fingerprint density at radius 1 is 1.22 bits per heavy atom. The first-order chi connectivity index (χ1) is 8.61. The van der Waals surface area contributed by atoms with Crippen molar-refractivity contribution in [2.45, 2.75) is 58.8 Å². The van der Waals surface area contributed by atoms with E-state index < -0.39 is 0 Å². The molecule has 1 unspecified atom stereocenters. The summed E-state index contributed by atoms with van der Waals surface area (Å²) in [6, 6.07) is 2.17. The first-order valence-electron chi connectivity index (χ1n) is 7.22. The summed E-state index contributed by atoms with van der Waals surface area (Å²) in [4.78, 5) is 4.47. The van der Waals surface area contributed by atoms with Gasteiger partial charge in [0, 0.05) is 11.8 Å². The van der Waals surface area contributed by atoms with Crippen LogP contribution in [0.15, 0.2) is 12.3 Å². The van der Waals surface area contributed by atoms with Gasteiger partial charge in [-0.3, -0.25) is 0 Å². The van der Waals surface area contributed by atoms with Crippen molar-refractivity contribution in [1.29, 1.82) is 0 Å². The van der Waals surface area contributed by atoms with Gasteiger partial charge in [-0.2, -0.15) is 0 Å². The van der Waals surface area contributed by atoms with Gasteiger partial charge in [-0.1, -0.05) is 27.7 Å². The fourth-order valence-corrected chi connectivity index (χ4v) is 2.91. The van der Waals surface area contributed by atoms with E-state index in [4.69, 9.17) is 4.74 Å². The maximum absolute atomic E-state index is 5.89. The van der Waals surface area contributed by atoms with E-state index in [9.17, 15) is 0 Å². The van der Waals surface area contributed by atoms with Gasteiger partial charge >= 0.3 is 0 Å². The molecule has 100 valence electrons. The highest BCUT2D eigenvalue weighted by molar-refractivity contribution is 5.40. The third-order valence-electron chi connectivity index (χ3n) is 3.93. The van der Waals surface area contributed by atoms with Crippen LogP contribution in [0, 0.1) is 5.92 Å². The van der Waals surface area contributed by atoms with Crippen molar-refractivity contribution in [3.63, 3.8) is 0 Å². The summed E-state index contributed by atoms with van der Waals surface area (Å²) >= 11 is 0. The maximum Gasteiger partial charge on any atom is 0.217 e. The molecule has 1 atom stereocenters. The Morgan fingerprint density at radius 2 is 2.00 bits per heavy atom. The SMILES string of the molecule is CC(C)c1ccnc2c1C(C(C)C)CCCCO2. The fourth-order valence-electron chi connectivity index (χ4n) is 2.91. The molecule has 0 N–H and O–H groups in total. The molecular weight excluding hydrogens is 222 g/mol. The number of pyridine rings is 1. The highest BCUT2D eigenvalue weighted by Crippen LogP contribution is 2.40. The lowest BCUT2D eigenvalue weighted by Gasteiger charge is -2.28. The second-order valence-corrected chi connectivity index (χ2v) is 5.97. The number of rotatable bonds is 2. The Labute approximate surface area is 111 Å². The Kier molecular flexibility index (Phi) is 4.26. The van der Waals surface area contributed by atoms with Gasteiger partial charge < -0.3 is 4.74 Å². The maximum atomic E-state index is 5.89. The fraction of sp³-hybridized carbons (Fsp3) is 0.688. The van der Waals surface area contributed by atoms with E-state index >= 15 is 0 Å². The molecule has 1 aliphatic heterocycles. The standard InChI is InChI=1S/C16H25NO/c1-11(2)13-7-5-6-10-18-16-15(13)14(12(3)4)8-9-17-16/h8-9,11-13H,5-7,10H2,1-4H3. The van der Waals surface area contributed by atoms with E-state index in [1.54, 1.807) is 0 Å². The first kappa shape index (κ1) is 13.4. The van der Waals surface area contributed by atoms with Crippen molar-refractivity contribution >= 4 is 0 Å². The molecular formula is C16H25NO. The number of hydrogen-bond donors (Lipinski definition) is 0. The largest absolute Gasteiger partial charge is 0.477 e. The summed E-state index contributed by atoms with van der Waals surface area (Å²) in [5, 5.41) is 0. The lowest BCUT2D eigenvalue weighted by atomic mass is 9.80. The van der Waals surface area contributed by atoms with Gasteiger partial charge in [-0.15, -0.1) is 0 Å². The van der Waals surface area contributed by atoms with Crippen LogP contribution in [0.1, 0.15) is 69.9 Å². The van der Waals surface area contributed by atoms with Gasteiger partial charge in [0.25, 0.3) is 0 Å². The molecule has 0 saturated carbocycles. The van der Waals surface area contributed by atoms with E-state index in [2.05, 4.69) is 38.7 Å². The summed E-state index contributed by atoms with van der Waals surface area (Å²) in [7, 11) is 0. The molecule has 2 heteroatoms. The van der Waals surface area contributed by atoms with Crippen LogP contribution in [0.4, 0.5) is 0 Å². The highest BCUT2D eigenvalue weighted by Gasteiger charge is 2.26. The Bertz CT molecular complexity index is 398. The van der Waals surface area contributed by atoms with Gasteiger partial charge in [0.05, 0.1) is 6.61 Å². The van der Waals surface area contributed by atoms with Crippen molar-refractivity contribution in [1.82, 2.24) is 4.98 Å². The van der Waals surface area contributed by atoms with E-state index in [0.717, 1.165) is 18.9 Å². The number of ether oxygens (including phenoxy) is 1. The van der Waals surface area contributed by atoms with Gasteiger partial charge in [-0.25, -0.2) is 4.98 Å². The van der Waals surface area contributed by atoms with Crippen molar-refractivity contribution in [3.05, 3.63) is 23.4 Å². The molecule has 0 fully saturated rings. The van der Waals surface area contributed by atoms with Gasteiger partial charge in [-0.05, 0) is 48.6 Å². The molecule has 0 aromatic carbocycles. The van der Waals surface area contributed by atoms with Gasteiger partial charge in [0.2, 0.25) is 5.88 Å². The summed E-state index contributed by atoms with van der Waals surface area (Å²) in [5.41, 5.74) is 2.79. The van der Waals surface area contributed by atoms with Crippen LogP contribution in [-0.2, 0) is 0 Å². The molecule has 0 saturated heterocycles. The van der Waals surface area contributed by atoms with E-state index in [1.807, 2.05) is 6.20 Å². The minimum atomic E-state index is 0.533. The quantitative estimate of drug-likeness (QED) is 0.767. The third-order valence-corrected chi connectivity index (χ3v) is 3.93. The van der Waals surface area contributed by atoms with Crippen LogP contribution in [0.2, 0.25) is 0 Å². The normalized spacial score (nSPS) is 20.2. The van der Waals surface area contributed by atoms with Gasteiger partial charge in [0.15, 0.2) is 0 Å². The minimum absolute atomic E-state index is 0.533. The predicted octanol–water partition coefficient (Wildman–Crippen LogP) is 4.51. The van der Waals surface area contributed by atoms with Crippen LogP contribution in [0.5, 0.6) is 5.88 Å². The van der Waals surface area contributed by atoms with Crippen LogP contribution in [-0.4, -0.2) is 11.6 Å². The zero-order valence-electron chi connectivity index (χ0n) is 12.1. The van der Waals surface area contributed by atoms with Crippen molar-refractivity contribution in [2.24, 2.45) is 5.92 Å². The lowest BCUT2D eigenvalue weighted by Crippen LogP contribution is -2.16. The van der Waals surface area contributed by atoms with Crippen molar-refractivity contribution in [3.8, 4) is 5.88 Å². The van der Waals surface area contributed by atoms with Crippen molar-refractivity contribution in [2.75, 3.05) is 6.61 Å². The zero-order valence-corrected chi connectivity index (χ0v) is 12.1. The average Bonchev–Trinajstić information content (AvgIpc) is 2.28. The molecule has 1 aromatic rings. The smallest absolute Gasteiger partial charge is 0.217 e. The van der Waals surface area contributed by atoms with Crippen LogP contribution >= 0.6 is 0 Å². The molecule has 0 amide bonds. The molecule has 2 heterocycles. The minimum Gasteiger partial charge on any atom is -0.477 e. The van der Waals surface area contributed by atoms with E-state index in [0.29, 0.717) is 17.8 Å². The summed E-state index contributed by atoms with van der Waals surface area (Å²) in [6.45, 7) is 9.95.